The van der Waals surface area contributed by atoms with E-state index in [1.54, 1.807) is 18.2 Å². The normalized spacial score (nSPS) is 12.7. The summed E-state index contributed by atoms with van der Waals surface area (Å²) < 4.78 is 13.7. The Bertz CT molecular complexity index is 527. The fourth-order valence-electron chi connectivity index (χ4n) is 1.61. The quantitative estimate of drug-likeness (QED) is 0.888. The Morgan fingerprint density at radius 1 is 1.24 bits per heavy atom. The smallest absolute Gasteiger partial charge is 0.145 e. The minimum atomic E-state index is -0.405. The van der Waals surface area contributed by atoms with Gasteiger partial charge in [-0.2, -0.15) is 0 Å². The Kier molecular flexibility index (Phi) is 4.05. The maximum atomic E-state index is 13.7. The van der Waals surface area contributed by atoms with Gasteiger partial charge in [-0.15, -0.1) is 11.3 Å². The number of nitrogens with two attached hydrogens (primary N) is 1. The summed E-state index contributed by atoms with van der Waals surface area (Å²) in [7, 11) is 0. The average Bonchev–Trinajstić information content (AvgIpc) is 2.71. The van der Waals surface area contributed by atoms with Crippen molar-refractivity contribution in [3.05, 3.63) is 55.9 Å². The topological polar surface area (TPSA) is 26.0 Å². The maximum absolute atomic E-state index is 13.7. The van der Waals surface area contributed by atoms with Crippen molar-refractivity contribution in [2.75, 3.05) is 0 Å². The molecule has 1 aromatic carbocycles. The van der Waals surface area contributed by atoms with Crippen LogP contribution in [0.25, 0.3) is 0 Å². The SMILES string of the molecule is NC(Cc1cccc(Cl)c1F)c1sccc1Cl. The highest BCUT2D eigenvalue weighted by atomic mass is 35.5. The fraction of sp³-hybridized carbons (Fsp3) is 0.167. The summed E-state index contributed by atoms with van der Waals surface area (Å²) in [5.41, 5.74) is 6.52. The van der Waals surface area contributed by atoms with Gasteiger partial charge in [0.2, 0.25) is 0 Å². The van der Waals surface area contributed by atoms with E-state index < -0.39 is 5.82 Å². The molecule has 0 bridgehead atoms. The lowest BCUT2D eigenvalue weighted by atomic mass is 10.0. The van der Waals surface area contributed by atoms with Crippen molar-refractivity contribution in [3.8, 4) is 0 Å². The van der Waals surface area contributed by atoms with E-state index in [1.165, 1.54) is 17.4 Å². The van der Waals surface area contributed by atoms with Gasteiger partial charge < -0.3 is 5.73 Å². The first-order valence-electron chi connectivity index (χ1n) is 5.01. The molecule has 90 valence electrons. The molecular formula is C12H10Cl2FNS. The molecule has 5 heteroatoms. The van der Waals surface area contributed by atoms with Gasteiger partial charge >= 0.3 is 0 Å². The van der Waals surface area contributed by atoms with Crippen LogP contribution in [0.1, 0.15) is 16.5 Å². The molecule has 0 radical (unpaired) electrons. The molecule has 0 spiro atoms. The van der Waals surface area contributed by atoms with Crippen molar-refractivity contribution in [2.24, 2.45) is 5.73 Å². The van der Waals surface area contributed by atoms with Gasteiger partial charge in [0.25, 0.3) is 0 Å². The first-order chi connectivity index (χ1) is 8.09. The van der Waals surface area contributed by atoms with Crippen LogP contribution in [0.4, 0.5) is 4.39 Å². The monoisotopic (exact) mass is 289 g/mol. The predicted molar refractivity (Wildman–Crippen MR) is 71.4 cm³/mol. The second-order valence-corrected chi connectivity index (χ2v) is 5.42. The van der Waals surface area contributed by atoms with Crippen molar-refractivity contribution in [1.29, 1.82) is 0 Å². The van der Waals surface area contributed by atoms with Crippen LogP contribution in [0.5, 0.6) is 0 Å². The molecule has 17 heavy (non-hydrogen) atoms. The molecule has 0 aliphatic rings. The highest BCUT2D eigenvalue weighted by Gasteiger charge is 2.15. The van der Waals surface area contributed by atoms with E-state index in [9.17, 15) is 4.39 Å². The van der Waals surface area contributed by atoms with E-state index in [-0.39, 0.29) is 11.1 Å². The van der Waals surface area contributed by atoms with Crippen LogP contribution in [0.2, 0.25) is 10.0 Å². The Morgan fingerprint density at radius 2 is 2.00 bits per heavy atom. The summed E-state index contributed by atoms with van der Waals surface area (Å²) in [5.74, 6) is -0.405. The van der Waals surface area contributed by atoms with Crippen molar-refractivity contribution in [1.82, 2.24) is 0 Å². The highest BCUT2D eigenvalue weighted by molar-refractivity contribution is 7.10. The van der Waals surface area contributed by atoms with Gasteiger partial charge in [-0.25, -0.2) is 4.39 Å². The van der Waals surface area contributed by atoms with Crippen molar-refractivity contribution in [2.45, 2.75) is 12.5 Å². The molecule has 1 aromatic heterocycles. The summed E-state index contributed by atoms with van der Waals surface area (Å²) in [6.07, 6.45) is 0.382. The second-order valence-electron chi connectivity index (χ2n) is 3.66. The molecule has 1 atom stereocenters. The summed E-state index contributed by atoms with van der Waals surface area (Å²) in [6.45, 7) is 0. The molecule has 2 rings (SSSR count). The molecule has 2 aromatic rings. The Hall–Kier alpha value is -0.610. The summed E-state index contributed by atoms with van der Waals surface area (Å²) in [4.78, 5) is 0.867. The Morgan fingerprint density at radius 3 is 2.65 bits per heavy atom. The van der Waals surface area contributed by atoms with Crippen LogP contribution in [0.15, 0.2) is 29.6 Å². The average molecular weight is 290 g/mol. The first-order valence-corrected chi connectivity index (χ1v) is 6.64. The van der Waals surface area contributed by atoms with E-state index >= 15 is 0 Å². The Balaban J connectivity index is 2.22. The lowest BCUT2D eigenvalue weighted by molar-refractivity contribution is 0.595. The van der Waals surface area contributed by atoms with Gasteiger partial charge in [-0.05, 0) is 29.5 Å². The fourth-order valence-corrected chi connectivity index (χ4v) is 3.00. The molecule has 2 N–H and O–H groups in total. The Labute approximate surface area is 113 Å². The zero-order valence-electron chi connectivity index (χ0n) is 8.79. The zero-order valence-corrected chi connectivity index (χ0v) is 11.1. The van der Waals surface area contributed by atoms with Gasteiger partial charge in [0.15, 0.2) is 0 Å². The zero-order chi connectivity index (χ0) is 12.4. The minimum absolute atomic E-state index is 0.118. The van der Waals surface area contributed by atoms with Crippen LogP contribution in [-0.4, -0.2) is 0 Å². The maximum Gasteiger partial charge on any atom is 0.145 e. The van der Waals surface area contributed by atoms with Crippen LogP contribution in [0.3, 0.4) is 0 Å². The van der Waals surface area contributed by atoms with Gasteiger partial charge in [0.1, 0.15) is 5.82 Å². The molecule has 0 saturated heterocycles. The number of rotatable bonds is 3. The van der Waals surface area contributed by atoms with E-state index in [1.807, 2.05) is 5.38 Å². The first kappa shape index (κ1) is 12.8. The lowest BCUT2D eigenvalue weighted by Crippen LogP contribution is -2.13. The second kappa shape index (κ2) is 5.36. The van der Waals surface area contributed by atoms with E-state index in [4.69, 9.17) is 28.9 Å². The number of thiophene rings is 1. The number of halogens is 3. The summed E-state index contributed by atoms with van der Waals surface area (Å²) >= 11 is 13.2. The van der Waals surface area contributed by atoms with Crippen molar-refractivity contribution in [3.63, 3.8) is 0 Å². The molecule has 0 aliphatic heterocycles. The van der Waals surface area contributed by atoms with Crippen LogP contribution in [0, 0.1) is 5.82 Å². The van der Waals surface area contributed by atoms with Gasteiger partial charge in [-0.3, -0.25) is 0 Å². The lowest BCUT2D eigenvalue weighted by Gasteiger charge is -2.11. The van der Waals surface area contributed by atoms with Gasteiger partial charge in [0.05, 0.1) is 10.0 Å². The van der Waals surface area contributed by atoms with Crippen molar-refractivity contribution < 1.29 is 4.39 Å². The number of hydrogen-bond acceptors (Lipinski definition) is 2. The molecule has 1 heterocycles. The van der Waals surface area contributed by atoms with Crippen LogP contribution in [-0.2, 0) is 6.42 Å². The minimum Gasteiger partial charge on any atom is -0.323 e. The standard InChI is InChI=1S/C12H10Cl2FNS/c13-8-3-1-2-7(11(8)15)6-10(16)12-9(14)4-5-17-12/h1-5,10H,6,16H2. The van der Waals surface area contributed by atoms with Crippen LogP contribution >= 0.6 is 34.5 Å². The summed E-state index contributed by atoms with van der Waals surface area (Å²) in [5, 5.41) is 2.61. The van der Waals surface area contributed by atoms with E-state index in [0.29, 0.717) is 17.0 Å². The van der Waals surface area contributed by atoms with E-state index in [0.717, 1.165) is 4.88 Å². The molecule has 0 fully saturated rings. The van der Waals surface area contributed by atoms with E-state index in [2.05, 4.69) is 0 Å². The molecule has 0 saturated carbocycles. The molecule has 0 aliphatic carbocycles. The third kappa shape index (κ3) is 2.80. The van der Waals surface area contributed by atoms with Gasteiger partial charge in [0, 0.05) is 10.9 Å². The van der Waals surface area contributed by atoms with Gasteiger partial charge in [-0.1, -0.05) is 35.3 Å². The predicted octanol–water partition coefficient (Wildman–Crippen LogP) is 4.44. The largest absolute Gasteiger partial charge is 0.323 e. The van der Waals surface area contributed by atoms with Crippen LogP contribution < -0.4 is 5.73 Å². The number of hydrogen-bond donors (Lipinski definition) is 1. The molecule has 0 amide bonds. The molecular weight excluding hydrogens is 280 g/mol. The summed E-state index contributed by atoms with van der Waals surface area (Å²) in [6, 6.07) is 6.39. The highest BCUT2D eigenvalue weighted by Crippen LogP contribution is 2.30. The molecule has 1 unspecified atom stereocenters. The molecule has 1 nitrogen and oxygen atoms in total. The third-order valence-electron chi connectivity index (χ3n) is 2.45. The van der Waals surface area contributed by atoms with Crippen molar-refractivity contribution >= 4 is 34.5 Å². The number of benzene rings is 1. The third-order valence-corrected chi connectivity index (χ3v) is 4.24.